The molecule has 0 bridgehead atoms. The smallest absolute Gasteiger partial charge is 0.199 e. The van der Waals surface area contributed by atoms with Crippen molar-refractivity contribution in [3.8, 4) is 5.75 Å². The number of aryl methyl sites for hydroxylation is 1. The van der Waals surface area contributed by atoms with Gasteiger partial charge < -0.3 is 9.64 Å². The van der Waals surface area contributed by atoms with Gasteiger partial charge in [0.25, 0.3) is 0 Å². The Morgan fingerprint density at radius 3 is 2.57 bits per heavy atom. The fraction of sp³-hybridized carbons (Fsp3) is 0.333. The lowest BCUT2D eigenvalue weighted by Gasteiger charge is -2.12. The second kappa shape index (κ2) is 3.05. The number of benzene rings is 1. The van der Waals surface area contributed by atoms with Gasteiger partial charge in [-0.15, -0.1) is 0 Å². The molecule has 2 nitrogen and oxygen atoms in total. The van der Waals surface area contributed by atoms with Crippen LogP contribution in [0.25, 0.3) is 0 Å². The molecule has 2 heteroatoms. The Kier molecular flexibility index (Phi) is 1.99. The lowest BCUT2D eigenvalue weighted by Crippen LogP contribution is -2.14. The van der Waals surface area contributed by atoms with Crippen molar-refractivity contribution in [2.45, 2.75) is 20.8 Å². The molecule has 0 aliphatic carbocycles. The molecule has 1 aromatic carbocycles. The summed E-state index contributed by atoms with van der Waals surface area (Å²) in [7, 11) is 2.04. The van der Waals surface area contributed by atoms with Gasteiger partial charge in [-0.25, -0.2) is 0 Å². The first kappa shape index (κ1) is 9.13. The third-order valence-electron chi connectivity index (χ3n) is 2.48. The maximum Gasteiger partial charge on any atom is 0.199 e. The standard InChI is InChI=1S/C12H15NO/c1-8(2)12-13(4)10-7-5-6-9(3)11(10)14-12/h5-7H,1-4H3. The minimum absolute atomic E-state index is 0.953. The number of ether oxygens (including phenoxy) is 1. The summed E-state index contributed by atoms with van der Waals surface area (Å²) in [5.41, 5.74) is 3.54. The number of rotatable bonds is 0. The zero-order chi connectivity index (χ0) is 10.3. The summed E-state index contributed by atoms with van der Waals surface area (Å²) in [4.78, 5) is 2.09. The van der Waals surface area contributed by atoms with Gasteiger partial charge in [-0.2, -0.15) is 0 Å². The number of anilines is 1. The van der Waals surface area contributed by atoms with E-state index in [-0.39, 0.29) is 0 Å². The van der Waals surface area contributed by atoms with Crippen LogP contribution in [0.15, 0.2) is 29.7 Å². The third kappa shape index (κ3) is 1.18. The van der Waals surface area contributed by atoms with E-state index < -0.39 is 0 Å². The van der Waals surface area contributed by atoms with E-state index >= 15 is 0 Å². The number of fused-ring (bicyclic) bond motifs is 1. The Balaban J connectivity index is 2.56. The molecule has 0 amide bonds. The normalized spacial score (nSPS) is 14.0. The van der Waals surface area contributed by atoms with E-state index in [1.165, 1.54) is 11.1 Å². The van der Waals surface area contributed by atoms with Crippen LogP contribution in [-0.2, 0) is 0 Å². The molecule has 0 atom stereocenters. The lowest BCUT2D eigenvalue weighted by molar-refractivity contribution is 0.434. The topological polar surface area (TPSA) is 12.5 Å². The molecule has 0 fully saturated rings. The van der Waals surface area contributed by atoms with Crippen molar-refractivity contribution in [2.24, 2.45) is 0 Å². The quantitative estimate of drug-likeness (QED) is 0.622. The first-order valence-corrected chi connectivity index (χ1v) is 4.80. The highest BCUT2D eigenvalue weighted by Gasteiger charge is 2.24. The summed E-state index contributed by atoms with van der Waals surface area (Å²) >= 11 is 0. The summed E-state index contributed by atoms with van der Waals surface area (Å²) in [5.74, 6) is 1.94. The van der Waals surface area contributed by atoms with Crippen LogP contribution in [0.5, 0.6) is 5.75 Å². The van der Waals surface area contributed by atoms with Crippen molar-refractivity contribution in [3.63, 3.8) is 0 Å². The van der Waals surface area contributed by atoms with E-state index in [0.717, 1.165) is 17.3 Å². The van der Waals surface area contributed by atoms with Crippen molar-refractivity contribution in [1.29, 1.82) is 0 Å². The zero-order valence-electron chi connectivity index (χ0n) is 9.09. The molecule has 1 aliphatic heterocycles. The largest absolute Gasteiger partial charge is 0.438 e. The SMILES string of the molecule is CC(C)=C1Oc2c(C)cccc2N1C. The average molecular weight is 189 g/mol. The van der Waals surface area contributed by atoms with Gasteiger partial charge in [0, 0.05) is 7.05 Å². The molecular formula is C12H15NO. The number of nitrogens with zero attached hydrogens (tertiary/aromatic N) is 1. The highest BCUT2D eigenvalue weighted by Crippen LogP contribution is 2.40. The second-order valence-corrected chi connectivity index (χ2v) is 3.89. The van der Waals surface area contributed by atoms with Gasteiger partial charge in [-0.1, -0.05) is 12.1 Å². The van der Waals surface area contributed by atoms with Crippen molar-refractivity contribution < 1.29 is 4.74 Å². The highest BCUT2D eigenvalue weighted by molar-refractivity contribution is 5.68. The van der Waals surface area contributed by atoms with Gasteiger partial charge in [0.1, 0.15) is 0 Å². The molecule has 0 N–H and O–H groups in total. The molecule has 2 rings (SSSR count). The Morgan fingerprint density at radius 1 is 1.29 bits per heavy atom. The molecule has 0 radical (unpaired) electrons. The third-order valence-corrected chi connectivity index (χ3v) is 2.48. The van der Waals surface area contributed by atoms with Gasteiger partial charge in [0.2, 0.25) is 0 Å². The molecule has 74 valence electrons. The van der Waals surface area contributed by atoms with Gasteiger partial charge in [-0.3, -0.25) is 0 Å². The van der Waals surface area contributed by atoms with Crippen LogP contribution in [0.2, 0.25) is 0 Å². The summed E-state index contributed by atoms with van der Waals surface area (Å²) in [6, 6.07) is 6.21. The minimum Gasteiger partial charge on any atom is -0.438 e. The Morgan fingerprint density at radius 2 is 2.00 bits per heavy atom. The lowest BCUT2D eigenvalue weighted by atomic mass is 10.2. The Hall–Kier alpha value is -1.44. The van der Waals surface area contributed by atoms with E-state index in [0.29, 0.717) is 0 Å². The Bertz CT molecular complexity index is 403. The van der Waals surface area contributed by atoms with Crippen LogP contribution < -0.4 is 9.64 Å². The van der Waals surface area contributed by atoms with E-state index in [1.807, 2.05) is 7.05 Å². The summed E-state index contributed by atoms with van der Waals surface area (Å²) in [5, 5.41) is 0. The van der Waals surface area contributed by atoms with Crippen LogP contribution in [0.4, 0.5) is 5.69 Å². The maximum atomic E-state index is 5.82. The molecule has 0 saturated heterocycles. The van der Waals surface area contributed by atoms with Crippen LogP contribution in [0.3, 0.4) is 0 Å². The van der Waals surface area contributed by atoms with Crippen LogP contribution in [0.1, 0.15) is 19.4 Å². The maximum absolute atomic E-state index is 5.82. The summed E-state index contributed by atoms with van der Waals surface area (Å²) in [6.45, 7) is 6.20. The molecule has 14 heavy (non-hydrogen) atoms. The molecule has 0 spiro atoms. The molecule has 1 heterocycles. The van der Waals surface area contributed by atoms with Crippen LogP contribution in [0, 0.1) is 6.92 Å². The van der Waals surface area contributed by atoms with Crippen molar-refractivity contribution >= 4 is 5.69 Å². The number of hydrogen-bond acceptors (Lipinski definition) is 2. The molecule has 1 aliphatic rings. The van der Waals surface area contributed by atoms with E-state index in [9.17, 15) is 0 Å². The number of para-hydroxylation sites is 1. The predicted octanol–water partition coefficient (Wildman–Crippen LogP) is 3.08. The Labute approximate surface area is 84.8 Å². The second-order valence-electron chi connectivity index (χ2n) is 3.89. The van der Waals surface area contributed by atoms with Gasteiger partial charge in [0.15, 0.2) is 11.6 Å². The van der Waals surface area contributed by atoms with Crippen LogP contribution in [-0.4, -0.2) is 7.05 Å². The molecule has 0 saturated carbocycles. The molecule has 1 aromatic rings. The monoisotopic (exact) mass is 189 g/mol. The predicted molar refractivity (Wildman–Crippen MR) is 58.6 cm³/mol. The van der Waals surface area contributed by atoms with Gasteiger partial charge in [0.05, 0.1) is 5.69 Å². The summed E-state index contributed by atoms with van der Waals surface area (Å²) in [6.07, 6.45) is 0. The average Bonchev–Trinajstić information content (AvgIpc) is 2.46. The first-order valence-electron chi connectivity index (χ1n) is 4.80. The first-order chi connectivity index (χ1) is 6.61. The molecular weight excluding hydrogens is 174 g/mol. The molecule has 0 aromatic heterocycles. The van der Waals surface area contributed by atoms with Crippen LogP contribution >= 0.6 is 0 Å². The van der Waals surface area contributed by atoms with Crippen molar-refractivity contribution in [1.82, 2.24) is 0 Å². The van der Waals surface area contributed by atoms with Gasteiger partial charge >= 0.3 is 0 Å². The fourth-order valence-electron chi connectivity index (χ4n) is 1.75. The summed E-state index contributed by atoms with van der Waals surface area (Å²) < 4.78 is 5.82. The van der Waals surface area contributed by atoms with Crippen molar-refractivity contribution in [2.75, 3.05) is 11.9 Å². The number of allylic oxidation sites excluding steroid dienone is 1. The van der Waals surface area contributed by atoms with Crippen molar-refractivity contribution in [3.05, 3.63) is 35.2 Å². The zero-order valence-corrected chi connectivity index (χ0v) is 9.09. The minimum atomic E-state index is 0.953. The van der Waals surface area contributed by atoms with E-state index in [1.54, 1.807) is 0 Å². The van der Waals surface area contributed by atoms with E-state index in [2.05, 4.69) is 43.9 Å². The van der Waals surface area contributed by atoms with Gasteiger partial charge in [-0.05, 0) is 38.0 Å². The molecule has 0 unspecified atom stereocenters. The number of hydrogen-bond donors (Lipinski definition) is 0. The van der Waals surface area contributed by atoms with E-state index in [4.69, 9.17) is 4.74 Å². The fourth-order valence-corrected chi connectivity index (χ4v) is 1.75. The highest BCUT2D eigenvalue weighted by atomic mass is 16.5.